The van der Waals surface area contributed by atoms with E-state index in [1.165, 1.54) is 28.8 Å². The summed E-state index contributed by atoms with van der Waals surface area (Å²) in [7, 11) is 1.98. The van der Waals surface area contributed by atoms with Crippen LogP contribution in [0.4, 0.5) is 0 Å². The molecule has 0 radical (unpaired) electrons. The molecule has 0 spiro atoms. The van der Waals surface area contributed by atoms with Gasteiger partial charge in [-0.1, -0.05) is 33.8 Å². The Balaban J connectivity index is 1.99. The highest BCUT2D eigenvalue weighted by Gasteiger charge is 2.22. The first-order chi connectivity index (χ1) is 13.1. The molecule has 1 aromatic rings. The van der Waals surface area contributed by atoms with Crippen LogP contribution in [0.5, 0.6) is 0 Å². The van der Waals surface area contributed by atoms with Gasteiger partial charge in [0.1, 0.15) is 0 Å². The van der Waals surface area contributed by atoms with E-state index in [2.05, 4.69) is 75.5 Å². The molecule has 1 atom stereocenters. The van der Waals surface area contributed by atoms with E-state index in [1.807, 2.05) is 20.2 Å². The summed E-state index contributed by atoms with van der Waals surface area (Å²) < 4.78 is 0. The fourth-order valence-corrected chi connectivity index (χ4v) is 3.38. The lowest BCUT2D eigenvalue weighted by molar-refractivity contribution is 0.229. The molecule has 0 aliphatic carbocycles. The highest BCUT2D eigenvalue weighted by atomic mass is 14.9. The SMILES string of the molecule is CNC1C=C(C)N=C(C)/C1=C/NCc1cnc(CCC(C)(C)C(C)C)c(C)c1. The molecule has 1 unspecified atom stereocenters. The molecule has 0 bridgehead atoms. The molecule has 154 valence electrons. The Morgan fingerprint density at radius 1 is 1.21 bits per heavy atom. The van der Waals surface area contributed by atoms with Crippen molar-refractivity contribution in [2.45, 2.75) is 73.9 Å². The topological polar surface area (TPSA) is 49.3 Å². The summed E-state index contributed by atoms with van der Waals surface area (Å²) >= 11 is 0. The quantitative estimate of drug-likeness (QED) is 0.669. The van der Waals surface area contributed by atoms with Crippen molar-refractivity contribution in [1.29, 1.82) is 0 Å². The van der Waals surface area contributed by atoms with Crippen molar-refractivity contribution < 1.29 is 0 Å². The van der Waals surface area contributed by atoms with Gasteiger partial charge in [0.15, 0.2) is 0 Å². The van der Waals surface area contributed by atoms with E-state index in [-0.39, 0.29) is 6.04 Å². The molecule has 1 aliphatic heterocycles. The summed E-state index contributed by atoms with van der Waals surface area (Å²) in [6, 6.07) is 2.47. The number of pyridine rings is 1. The third-order valence-corrected chi connectivity index (χ3v) is 6.19. The van der Waals surface area contributed by atoms with E-state index < -0.39 is 0 Å². The predicted molar refractivity (Wildman–Crippen MR) is 121 cm³/mol. The minimum absolute atomic E-state index is 0.205. The van der Waals surface area contributed by atoms with Crippen LogP contribution in [0.15, 0.2) is 40.8 Å². The Morgan fingerprint density at radius 3 is 2.54 bits per heavy atom. The van der Waals surface area contributed by atoms with Crippen LogP contribution in [0.2, 0.25) is 0 Å². The third-order valence-electron chi connectivity index (χ3n) is 6.19. The number of nitrogens with zero attached hydrogens (tertiary/aromatic N) is 2. The molecule has 1 aromatic heterocycles. The molecular formula is C24H38N4. The second kappa shape index (κ2) is 9.51. The first-order valence-corrected chi connectivity index (χ1v) is 10.4. The maximum Gasteiger partial charge on any atom is 0.0556 e. The van der Waals surface area contributed by atoms with Gasteiger partial charge < -0.3 is 10.6 Å². The molecule has 0 saturated heterocycles. The molecule has 2 N–H and O–H groups in total. The summed E-state index contributed by atoms with van der Waals surface area (Å²) in [5.41, 5.74) is 7.37. The van der Waals surface area contributed by atoms with Gasteiger partial charge in [-0.25, -0.2) is 0 Å². The highest BCUT2D eigenvalue weighted by molar-refractivity contribution is 6.01. The Morgan fingerprint density at radius 2 is 1.93 bits per heavy atom. The number of rotatable bonds is 8. The summed E-state index contributed by atoms with van der Waals surface area (Å²) in [6.07, 6.45) is 8.45. The van der Waals surface area contributed by atoms with E-state index >= 15 is 0 Å². The number of nitrogens with one attached hydrogen (secondary N) is 2. The first kappa shape index (κ1) is 22.4. The number of aromatic nitrogens is 1. The third kappa shape index (κ3) is 5.78. The van der Waals surface area contributed by atoms with Crippen molar-refractivity contribution in [2.24, 2.45) is 16.3 Å². The number of hydrogen-bond acceptors (Lipinski definition) is 4. The molecule has 0 fully saturated rings. The van der Waals surface area contributed by atoms with Crippen molar-refractivity contribution in [1.82, 2.24) is 15.6 Å². The molecule has 0 saturated carbocycles. The van der Waals surface area contributed by atoms with Crippen LogP contribution in [0.1, 0.15) is 64.8 Å². The lowest BCUT2D eigenvalue weighted by Gasteiger charge is -2.29. The maximum absolute atomic E-state index is 4.76. The van der Waals surface area contributed by atoms with Gasteiger partial charge in [0.05, 0.1) is 6.04 Å². The van der Waals surface area contributed by atoms with Crippen molar-refractivity contribution in [3.63, 3.8) is 0 Å². The molecule has 0 aromatic carbocycles. The molecule has 4 heteroatoms. The summed E-state index contributed by atoms with van der Waals surface area (Å²) in [5, 5.41) is 6.78. The molecule has 1 aliphatic rings. The predicted octanol–water partition coefficient (Wildman–Crippen LogP) is 4.94. The van der Waals surface area contributed by atoms with E-state index in [4.69, 9.17) is 4.98 Å². The minimum Gasteiger partial charge on any atom is -0.386 e. The van der Waals surface area contributed by atoms with E-state index in [0.29, 0.717) is 11.3 Å². The number of likely N-dealkylation sites (N-methyl/N-ethyl adjacent to an activating group) is 1. The van der Waals surface area contributed by atoms with E-state index in [1.54, 1.807) is 0 Å². The van der Waals surface area contributed by atoms with Gasteiger partial charge in [0, 0.05) is 41.6 Å². The van der Waals surface area contributed by atoms with Gasteiger partial charge in [-0.3, -0.25) is 9.98 Å². The van der Waals surface area contributed by atoms with Crippen LogP contribution in [0.3, 0.4) is 0 Å². The average Bonchev–Trinajstić information content (AvgIpc) is 2.62. The van der Waals surface area contributed by atoms with Gasteiger partial charge in [-0.05, 0) is 69.2 Å². The fourth-order valence-electron chi connectivity index (χ4n) is 3.38. The maximum atomic E-state index is 4.76. The van der Waals surface area contributed by atoms with Crippen LogP contribution in [-0.2, 0) is 13.0 Å². The summed E-state index contributed by atoms with van der Waals surface area (Å²) in [5.74, 6) is 0.677. The lowest BCUT2D eigenvalue weighted by Crippen LogP contribution is -2.32. The zero-order valence-corrected chi connectivity index (χ0v) is 19.0. The largest absolute Gasteiger partial charge is 0.386 e. The fraction of sp³-hybridized carbons (Fsp3) is 0.583. The number of aryl methyl sites for hydroxylation is 2. The first-order valence-electron chi connectivity index (χ1n) is 10.4. The van der Waals surface area contributed by atoms with Crippen molar-refractivity contribution in [3.05, 3.63) is 52.6 Å². The monoisotopic (exact) mass is 382 g/mol. The van der Waals surface area contributed by atoms with Gasteiger partial charge in [-0.15, -0.1) is 0 Å². The average molecular weight is 383 g/mol. The molecule has 2 heterocycles. The summed E-state index contributed by atoms with van der Waals surface area (Å²) in [6.45, 7) is 16.4. The van der Waals surface area contributed by atoms with E-state index in [9.17, 15) is 0 Å². The zero-order chi connectivity index (χ0) is 20.9. The second-order valence-electron chi connectivity index (χ2n) is 9.00. The van der Waals surface area contributed by atoms with E-state index in [0.717, 1.165) is 24.4 Å². The van der Waals surface area contributed by atoms with Crippen LogP contribution in [0, 0.1) is 18.3 Å². The molecule has 0 amide bonds. The lowest BCUT2D eigenvalue weighted by atomic mass is 9.77. The van der Waals surface area contributed by atoms with Crippen molar-refractivity contribution in [2.75, 3.05) is 7.05 Å². The van der Waals surface area contributed by atoms with Crippen LogP contribution >= 0.6 is 0 Å². The van der Waals surface area contributed by atoms with Gasteiger partial charge >= 0.3 is 0 Å². The summed E-state index contributed by atoms with van der Waals surface area (Å²) in [4.78, 5) is 9.34. The van der Waals surface area contributed by atoms with Gasteiger partial charge in [0.25, 0.3) is 0 Å². The molecular weight excluding hydrogens is 344 g/mol. The zero-order valence-electron chi connectivity index (χ0n) is 19.0. The van der Waals surface area contributed by atoms with Crippen LogP contribution < -0.4 is 10.6 Å². The smallest absolute Gasteiger partial charge is 0.0556 e. The molecule has 4 nitrogen and oxygen atoms in total. The standard InChI is InChI=1S/C24H38N4/c1-16(2)24(6,7)10-9-22-17(3)11-20(14-27-22)13-26-15-21-19(5)28-18(4)12-23(21)25-8/h11-12,14-16,23,25-26H,9-10,13H2,1-8H3/b21-15-. The van der Waals surface area contributed by atoms with Crippen LogP contribution in [0.25, 0.3) is 0 Å². The van der Waals surface area contributed by atoms with Gasteiger partial charge in [0.2, 0.25) is 0 Å². The van der Waals surface area contributed by atoms with Crippen molar-refractivity contribution >= 4 is 5.71 Å². The number of hydrogen-bond donors (Lipinski definition) is 2. The van der Waals surface area contributed by atoms with Crippen molar-refractivity contribution in [3.8, 4) is 0 Å². The Labute approximate surface area is 171 Å². The minimum atomic E-state index is 0.205. The Hall–Kier alpha value is -1.94. The second-order valence-corrected chi connectivity index (χ2v) is 9.00. The number of allylic oxidation sites excluding steroid dienone is 1. The molecule has 2 rings (SSSR count). The van der Waals surface area contributed by atoms with Crippen LogP contribution in [-0.4, -0.2) is 23.8 Å². The normalized spacial score (nSPS) is 19.0. The Kier molecular flexibility index (Phi) is 7.59. The Bertz CT molecular complexity index is 769. The number of aliphatic imine (C=N–C) groups is 1. The molecule has 28 heavy (non-hydrogen) atoms. The van der Waals surface area contributed by atoms with Gasteiger partial charge in [-0.2, -0.15) is 0 Å². The highest BCUT2D eigenvalue weighted by Crippen LogP contribution is 2.31.